The highest BCUT2D eigenvalue weighted by Crippen LogP contribution is 2.54. The van der Waals surface area contributed by atoms with E-state index in [1.165, 1.54) is 0 Å². The highest BCUT2D eigenvalue weighted by molar-refractivity contribution is 9.10. The molecule has 0 radical (unpaired) electrons. The summed E-state index contributed by atoms with van der Waals surface area (Å²) < 4.78 is 6.13. The van der Waals surface area contributed by atoms with Gasteiger partial charge in [0.15, 0.2) is 5.41 Å². The quantitative estimate of drug-likeness (QED) is 0.616. The molecule has 0 N–H and O–H groups in total. The number of allylic oxidation sites excluding steroid dienone is 1. The van der Waals surface area contributed by atoms with Gasteiger partial charge >= 0.3 is 5.97 Å². The topological polar surface area (TPSA) is 73.9 Å². The summed E-state index contributed by atoms with van der Waals surface area (Å²) in [4.78, 5) is 12.7. The third-order valence-electron chi connectivity index (χ3n) is 5.18. The summed E-state index contributed by atoms with van der Waals surface area (Å²) in [6.45, 7) is 1.97. The molecule has 2 aromatic rings. The number of hydrogen-bond acceptors (Lipinski definition) is 4. The maximum absolute atomic E-state index is 12.7. The molecule has 0 aliphatic heterocycles. The molecule has 0 unspecified atom stereocenters. The lowest BCUT2D eigenvalue weighted by Gasteiger charge is -2.40. The van der Waals surface area contributed by atoms with Crippen LogP contribution in [0.25, 0.3) is 0 Å². The average Bonchev–Trinajstić information content (AvgIpc) is 2.74. The number of benzene rings is 2. The largest absolute Gasteiger partial charge is 0.463 e. The summed E-state index contributed by atoms with van der Waals surface area (Å²) in [7, 11) is 0. The molecule has 0 saturated carbocycles. The molecule has 0 saturated heterocycles. The molecule has 0 fully saturated rings. The van der Waals surface area contributed by atoms with Crippen molar-refractivity contribution in [3.05, 3.63) is 81.8 Å². The van der Waals surface area contributed by atoms with Crippen molar-refractivity contribution in [1.82, 2.24) is 0 Å². The third kappa shape index (κ3) is 3.46. The van der Waals surface area contributed by atoms with Gasteiger partial charge in [-0.2, -0.15) is 10.5 Å². The molecule has 1 aliphatic rings. The fraction of sp³-hybridized carbons (Fsp3) is 0.261. The van der Waals surface area contributed by atoms with Gasteiger partial charge in [-0.15, -0.1) is 0 Å². The van der Waals surface area contributed by atoms with Gasteiger partial charge in [0.25, 0.3) is 0 Å². The SMILES string of the molecule is CCOC(=O)C1=CC[C@@H](c2ccccc2)C(C#N)(C#N)[C@H]1c1ccc(Br)cc1. The van der Waals surface area contributed by atoms with Crippen LogP contribution in [0.15, 0.2) is 70.7 Å². The minimum Gasteiger partial charge on any atom is -0.463 e. The number of carbonyl (C=O) groups excluding carboxylic acids is 1. The molecule has 5 heteroatoms. The van der Waals surface area contributed by atoms with E-state index in [-0.39, 0.29) is 12.5 Å². The van der Waals surface area contributed by atoms with Gasteiger partial charge in [0.2, 0.25) is 0 Å². The molecule has 0 spiro atoms. The molecule has 4 nitrogen and oxygen atoms in total. The second-order valence-corrected chi connectivity index (χ2v) is 7.57. The van der Waals surface area contributed by atoms with Crippen LogP contribution < -0.4 is 0 Å². The van der Waals surface area contributed by atoms with Crippen molar-refractivity contribution in [2.75, 3.05) is 6.61 Å². The van der Waals surface area contributed by atoms with E-state index in [0.717, 1.165) is 15.6 Å². The smallest absolute Gasteiger partial charge is 0.334 e. The van der Waals surface area contributed by atoms with Gasteiger partial charge < -0.3 is 4.74 Å². The molecular formula is C23H19BrN2O2. The van der Waals surface area contributed by atoms with Crippen LogP contribution >= 0.6 is 15.9 Å². The molecule has 3 rings (SSSR count). The number of halogens is 1. The number of nitriles is 2. The van der Waals surface area contributed by atoms with E-state index in [2.05, 4.69) is 28.1 Å². The summed E-state index contributed by atoms with van der Waals surface area (Å²) in [6.07, 6.45) is 2.25. The van der Waals surface area contributed by atoms with Crippen LogP contribution in [0.4, 0.5) is 0 Å². The molecule has 0 amide bonds. The lowest BCUT2D eigenvalue weighted by molar-refractivity contribution is -0.139. The minimum atomic E-state index is -1.42. The van der Waals surface area contributed by atoms with Crippen LogP contribution in [-0.2, 0) is 9.53 Å². The molecule has 2 aromatic carbocycles. The number of rotatable bonds is 4. The minimum absolute atomic E-state index is 0.234. The second-order valence-electron chi connectivity index (χ2n) is 6.66. The van der Waals surface area contributed by atoms with E-state index in [4.69, 9.17) is 4.74 Å². The lowest BCUT2D eigenvalue weighted by Crippen LogP contribution is -2.39. The Balaban J connectivity index is 2.23. The van der Waals surface area contributed by atoms with Gasteiger partial charge in [-0.05, 0) is 36.6 Å². The summed E-state index contributed by atoms with van der Waals surface area (Å²) in [6, 6.07) is 21.5. The second kappa shape index (κ2) is 8.42. The maximum atomic E-state index is 12.7. The standard InChI is InChI=1S/C23H19BrN2O2/c1-2-28-22(27)19-12-13-20(16-6-4-3-5-7-16)23(14-25,15-26)21(19)17-8-10-18(24)11-9-17/h3-12,20-21H,2,13H2,1H3/t20-,21-/m0/s1. The predicted molar refractivity (Wildman–Crippen MR) is 109 cm³/mol. The van der Waals surface area contributed by atoms with Crippen LogP contribution in [0.5, 0.6) is 0 Å². The van der Waals surface area contributed by atoms with Crippen LogP contribution in [0.2, 0.25) is 0 Å². The summed E-state index contributed by atoms with van der Waals surface area (Å²) in [5.41, 5.74) is 0.601. The van der Waals surface area contributed by atoms with Crippen molar-refractivity contribution < 1.29 is 9.53 Å². The Hall–Kier alpha value is -2.89. The van der Waals surface area contributed by atoms with Crippen LogP contribution in [0.3, 0.4) is 0 Å². The number of hydrogen-bond donors (Lipinski definition) is 0. The van der Waals surface area contributed by atoms with E-state index >= 15 is 0 Å². The zero-order chi connectivity index (χ0) is 20.1. The zero-order valence-electron chi connectivity index (χ0n) is 15.4. The Bertz CT molecular complexity index is 954. The molecular weight excluding hydrogens is 416 g/mol. The van der Waals surface area contributed by atoms with Crippen molar-refractivity contribution in [3.63, 3.8) is 0 Å². The van der Waals surface area contributed by atoms with E-state index < -0.39 is 17.3 Å². The van der Waals surface area contributed by atoms with E-state index in [1.54, 1.807) is 6.92 Å². The van der Waals surface area contributed by atoms with E-state index in [9.17, 15) is 15.3 Å². The highest BCUT2D eigenvalue weighted by Gasteiger charge is 2.53. The highest BCUT2D eigenvalue weighted by atomic mass is 79.9. The normalized spacial score (nSPS) is 20.4. The molecule has 0 aromatic heterocycles. The van der Waals surface area contributed by atoms with Crippen LogP contribution in [0.1, 0.15) is 36.3 Å². The summed E-state index contributed by atoms with van der Waals surface area (Å²) in [5, 5.41) is 20.5. The van der Waals surface area contributed by atoms with Crippen molar-refractivity contribution >= 4 is 21.9 Å². The number of carbonyl (C=O) groups is 1. The van der Waals surface area contributed by atoms with Gasteiger partial charge in [0.05, 0.1) is 18.7 Å². The van der Waals surface area contributed by atoms with Gasteiger partial charge in [0, 0.05) is 21.9 Å². The van der Waals surface area contributed by atoms with Crippen LogP contribution in [-0.4, -0.2) is 12.6 Å². The van der Waals surface area contributed by atoms with Gasteiger partial charge in [-0.1, -0.05) is 64.5 Å². The zero-order valence-corrected chi connectivity index (χ0v) is 17.0. The van der Waals surface area contributed by atoms with Gasteiger partial charge in [0.1, 0.15) is 0 Å². The molecule has 2 atom stereocenters. The Kier molecular flexibility index (Phi) is 5.97. The van der Waals surface area contributed by atoms with Crippen molar-refractivity contribution in [1.29, 1.82) is 10.5 Å². The first-order chi connectivity index (χ1) is 13.6. The monoisotopic (exact) mass is 434 g/mol. The fourth-order valence-corrected chi connectivity index (χ4v) is 4.17. The average molecular weight is 435 g/mol. The maximum Gasteiger partial charge on any atom is 0.334 e. The van der Waals surface area contributed by atoms with Gasteiger partial charge in [-0.3, -0.25) is 0 Å². The Morgan fingerprint density at radius 3 is 2.32 bits per heavy atom. The van der Waals surface area contributed by atoms with Crippen molar-refractivity contribution in [2.45, 2.75) is 25.2 Å². The third-order valence-corrected chi connectivity index (χ3v) is 5.70. The first-order valence-electron chi connectivity index (χ1n) is 9.07. The lowest BCUT2D eigenvalue weighted by atomic mass is 9.58. The van der Waals surface area contributed by atoms with Gasteiger partial charge in [-0.25, -0.2) is 4.79 Å². The Morgan fingerprint density at radius 2 is 1.75 bits per heavy atom. The summed E-state index contributed by atoms with van der Waals surface area (Å²) in [5.74, 6) is -1.53. The molecule has 0 bridgehead atoms. The first kappa shape index (κ1) is 19.9. The summed E-state index contributed by atoms with van der Waals surface area (Å²) >= 11 is 3.41. The Morgan fingerprint density at radius 1 is 1.11 bits per heavy atom. The molecule has 1 aliphatic carbocycles. The fourth-order valence-electron chi connectivity index (χ4n) is 3.90. The number of nitrogens with zero attached hydrogens (tertiary/aromatic N) is 2. The van der Waals surface area contributed by atoms with E-state index in [0.29, 0.717) is 12.0 Å². The first-order valence-corrected chi connectivity index (χ1v) is 9.86. The number of esters is 1. The van der Waals surface area contributed by atoms with Crippen molar-refractivity contribution in [3.8, 4) is 12.1 Å². The predicted octanol–water partition coefficient (Wildman–Crippen LogP) is 5.24. The van der Waals surface area contributed by atoms with Crippen molar-refractivity contribution in [2.24, 2.45) is 5.41 Å². The molecule has 140 valence electrons. The molecule has 0 heterocycles. The Labute approximate surface area is 173 Å². The molecule has 28 heavy (non-hydrogen) atoms. The number of ether oxygens (including phenoxy) is 1. The van der Waals surface area contributed by atoms with Crippen LogP contribution in [0, 0.1) is 28.1 Å². The van der Waals surface area contributed by atoms with E-state index in [1.807, 2.05) is 60.7 Å².